The Balaban J connectivity index is 1.46. The van der Waals surface area contributed by atoms with Crippen LogP contribution in [0.2, 0.25) is 0 Å². The monoisotopic (exact) mass is 471 g/mol. The van der Waals surface area contributed by atoms with E-state index in [4.69, 9.17) is 9.15 Å². The normalized spacial score (nSPS) is 10.8. The molecule has 3 rings (SSSR count). The molecule has 0 radical (unpaired) electrons. The van der Waals surface area contributed by atoms with Crippen LogP contribution in [-0.2, 0) is 19.6 Å². The van der Waals surface area contributed by atoms with Gasteiger partial charge in [0.2, 0.25) is 0 Å². The molecular weight excluding hydrogens is 446 g/mol. The number of ether oxygens (including phenoxy) is 1. The highest BCUT2D eigenvalue weighted by molar-refractivity contribution is 9.10. The fourth-order valence-corrected chi connectivity index (χ4v) is 3.39. The van der Waals surface area contributed by atoms with E-state index in [1.807, 2.05) is 48.9 Å². The van der Waals surface area contributed by atoms with E-state index < -0.39 is 0 Å². The lowest BCUT2D eigenvalue weighted by Crippen LogP contribution is -2.25. The zero-order chi connectivity index (χ0) is 21.5. The molecule has 0 unspecified atom stereocenters. The molecule has 0 spiro atoms. The molecule has 0 aliphatic carbocycles. The molecule has 2 aromatic heterocycles. The van der Waals surface area contributed by atoms with Gasteiger partial charge in [-0.2, -0.15) is 5.10 Å². The highest BCUT2D eigenvalue weighted by atomic mass is 79.9. The zero-order valence-corrected chi connectivity index (χ0v) is 18.9. The number of hydrogen-bond donors (Lipinski definition) is 1. The number of rotatable bonds is 10. The summed E-state index contributed by atoms with van der Waals surface area (Å²) in [5.74, 6) is 1.43. The van der Waals surface area contributed by atoms with E-state index in [9.17, 15) is 4.79 Å². The number of benzene rings is 1. The van der Waals surface area contributed by atoms with Gasteiger partial charge in [0, 0.05) is 18.8 Å². The van der Waals surface area contributed by atoms with Crippen molar-refractivity contribution in [3.8, 4) is 5.75 Å². The average Bonchev–Trinajstić information content (AvgIpc) is 3.31. The van der Waals surface area contributed by atoms with Crippen LogP contribution < -0.4 is 10.1 Å². The average molecular weight is 472 g/mol. The molecule has 0 saturated heterocycles. The maximum Gasteiger partial charge on any atom is 0.286 e. The second-order valence-electron chi connectivity index (χ2n) is 6.97. The molecule has 0 aliphatic rings. The number of aromatic nitrogens is 2. The number of para-hydroxylation sites is 1. The minimum atomic E-state index is -0.233. The Hall–Kier alpha value is -2.80. The second kappa shape index (κ2) is 10.3. The van der Waals surface area contributed by atoms with Crippen LogP contribution in [0.3, 0.4) is 0 Å². The van der Waals surface area contributed by atoms with Crippen LogP contribution in [0.5, 0.6) is 5.75 Å². The van der Waals surface area contributed by atoms with Crippen molar-refractivity contribution < 1.29 is 13.9 Å². The fourth-order valence-electron chi connectivity index (χ4n) is 3.11. The Bertz CT molecular complexity index is 1020. The topological polar surface area (TPSA) is 69.3 Å². The summed E-state index contributed by atoms with van der Waals surface area (Å²) in [4.78, 5) is 12.3. The van der Waals surface area contributed by atoms with Crippen molar-refractivity contribution in [2.75, 3.05) is 6.54 Å². The Morgan fingerprint density at radius 3 is 2.83 bits per heavy atom. The van der Waals surface area contributed by atoms with Gasteiger partial charge in [-0.1, -0.05) is 24.3 Å². The van der Waals surface area contributed by atoms with E-state index in [2.05, 4.69) is 32.9 Å². The molecule has 1 aromatic carbocycles. The summed E-state index contributed by atoms with van der Waals surface area (Å²) in [6, 6.07) is 11.2. The molecule has 1 N–H and O–H groups in total. The van der Waals surface area contributed by atoms with Gasteiger partial charge in [0.05, 0.1) is 10.2 Å². The van der Waals surface area contributed by atoms with Gasteiger partial charge >= 0.3 is 0 Å². The number of allylic oxidation sites excluding steroid dienone is 1. The molecule has 1 amide bonds. The third kappa shape index (κ3) is 5.42. The lowest BCUT2D eigenvalue weighted by Gasteiger charge is -2.09. The minimum absolute atomic E-state index is 0.233. The highest BCUT2D eigenvalue weighted by Crippen LogP contribution is 2.21. The van der Waals surface area contributed by atoms with Gasteiger partial charge in [-0.25, -0.2) is 0 Å². The van der Waals surface area contributed by atoms with E-state index in [1.165, 1.54) is 0 Å². The number of nitrogens with zero attached hydrogens (tertiary/aromatic N) is 2. The minimum Gasteiger partial charge on any atom is -0.485 e. The smallest absolute Gasteiger partial charge is 0.286 e. The Kier molecular flexibility index (Phi) is 7.52. The maximum absolute atomic E-state index is 12.3. The van der Waals surface area contributed by atoms with Gasteiger partial charge in [-0.3, -0.25) is 9.48 Å². The van der Waals surface area contributed by atoms with Crippen molar-refractivity contribution in [2.24, 2.45) is 0 Å². The lowest BCUT2D eigenvalue weighted by molar-refractivity contribution is 0.0920. The molecule has 2 heterocycles. The van der Waals surface area contributed by atoms with Gasteiger partial charge in [-0.05, 0) is 66.4 Å². The molecule has 158 valence electrons. The van der Waals surface area contributed by atoms with Crippen molar-refractivity contribution in [1.82, 2.24) is 15.1 Å². The third-order valence-electron chi connectivity index (χ3n) is 4.72. The van der Waals surface area contributed by atoms with E-state index in [-0.39, 0.29) is 18.3 Å². The standard InChI is InChI=1S/C23H26BrN3O3/c1-4-8-18-9-5-6-10-20(18)29-15-19-11-12-21(30-19)23(28)25-13-7-14-27-17(3)22(24)16(2)26-27/h4-6,9-12H,1,7-8,13-15H2,2-3H3,(H,25,28). The van der Waals surface area contributed by atoms with Crippen molar-refractivity contribution in [2.45, 2.75) is 39.8 Å². The van der Waals surface area contributed by atoms with Gasteiger partial charge in [0.15, 0.2) is 5.76 Å². The molecule has 0 atom stereocenters. The maximum atomic E-state index is 12.3. The molecule has 0 bridgehead atoms. The first-order chi connectivity index (χ1) is 14.5. The summed E-state index contributed by atoms with van der Waals surface area (Å²) in [7, 11) is 0. The van der Waals surface area contributed by atoms with Crippen molar-refractivity contribution >= 4 is 21.8 Å². The van der Waals surface area contributed by atoms with Crippen LogP contribution in [0.4, 0.5) is 0 Å². The van der Waals surface area contributed by atoms with Gasteiger partial charge in [0.25, 0.3) is 5.91 Å². The van der Waals surface area contributed by atoms with E-state index in [0.717, 1.165) is 46.6 Å². The molecule has 6 nitrogen and oxygen atoms in total. The van der Waals surface area contributed by atoms with Crippen LogP contribution in [-0.4, -0.2) is 22.2 Å². The number of nitrogens with one attached hydrogen (secondary N) is 1. The van der Waals surface area contributed by atoms with E-state index in [1.54, 1.807) is 12.1 Å². The summed E-state index contributed by atoms with van der Waals surface area (Å²) in [6.07, 6.45) is 3.35. The highest BCUT2D eigenvalue weighted by Gasteiger charge is 2.12. The number of hydrogen-bond acceptors (Lipinski definition) is 4. The predicted molar refractivity (Wildman–Crippen MR) is 120 cm³/mol. The first-order valence-electron chi connectivity index (χ1n) is 9.87. The number of carbonyl (C=O) groups excluding carboxylic acids is 1. The van der Waals surface area contributed by atoms with Crippen LogP contribution in [0, 0.1) is 13.8 Å². The van der Waals surface area contributed by atoms with E-state index in [0.29, 0.717) is 12.3 Å². The SMILES string of the molecule is C=CCc1ccccc1OCc1ccc(C(=O)NCCCn2nc(C)c(Br)c2C)o1. The van der Waals surface area contributed by atoms with Crippen LogP contribution in [0.1, 0.15) is 39.7 Å². The van der Waals surface area contributed by atoms with E-state index >= 15 is 0 Å². The second-order valence-corrected chi connectivity index (χ2v) is 7.77. The molecule has 0 aliphatic heterocycles. The largest absolute Gasteiger partial charge is 0.485 e. The Labute approximate surface area is 185 Å². The number of halogens is 1. The molecule has 30 heavy (non-hydrogen) atoms. The number of carbonyl (C=O) groups is 1. The Morgan fingerprint density at radius 1 is 1.30 bits per heavy atom. The van der Waals surface area contributed by atoms with Crippen LogP contribution in [0.25, 0.3) is 0 Å². The summed E-state index contributed by atoms with van der Waals surface area (Å²) < 4.78 is 14.5. The van der Waals surface area contributed by atoms with Crippen molar-refractivity contribution in [3.05, 3.63) is 82.0 Å². The summed E-state index contributed by atoms with van der Waals surface area (Å²) >= 11 is 3.52. The lowest BCUT2D eigenvalue weighted by atomic mass is 10.1. The Morgan fingerprint density at radius 2 is 2.10 bits per heavy atom. The van der Waals surface area contributed by atoms with Crippen molar-refractivity contribution in [1.29, 1.82) is 0 Å². The molecule has 0 fully saturated rings. The number of aryl methyl sites for hydroxylation is 2. The molecule has 0 saturated carbocycles. The zero-order valence-electron chi connectivity index (χ0n) is 17.3. The molecular formula is C23H26BrN3O3. The third-order valence-corrected chi connectivity index (χ3v) is 5.87. The van der Waals surface area contributed by atoms with Gasteiger partial charge < -0.3 is 14.5 Å². The quantitative estimate of drug-likeness (QED) is 0.334. The summed E-state index contributed by atoms with van der Waals surface area (Å²) in [5.41, 5.74) is 3.12. The van der Waals surface area contributed by atoms with Crippen LogP contribution >= 0.6 is 15.9 Å². The number of amides is 1. The van der Waals surface area contributed by atoms with Crippen LogP contribution in [0.15, 0.2) is 57.9 Å². The first-order valence-corrected chi connectivity index (χ1v) is 10.7. The van der Waals surface area contributed by atoms with Gasteiger partial charge in [0.1, 0.15) is 18.1 Å². The fraction of sp³-hybridized carbons (Fsp3) is 0.304. The first kappa shape index (κ1) is 21.9. The summed E-state index contributed by atoms with van der Waals surface area (Å²) in [6.45, 7) is 9.28. The molecule has 7 heteroatoms. The predicted octanol–water partition coefficient (Wildman–Crippen LogP) is 4.98. The number of furan rings is 1. The van der Waals surface area contributed by atoms with Crippen molar-refractivity contribution in [3.63, 3.8) is 0 Å². The molecule has 3 aromatic rings. The summed E-state index contributed by atoms with van der Waals surface area (Å²) in [5, 5.41) is 7.36. The van der Waals surface area contributed by atoms with Gasteiger partial charge in [-0.15, -0.1) is 6.58 Å².